The third-order valence-corrected chi connectivity index (χ3v) is 19.6. The van der Waals surface area contributed by atoms with Crippen LogP contribution in [0.1, 0.15) is 90.1 Å². The van der Waals surface area contributed by atoms with Gasteiger partial charge in [-0.3, -0.25) is 38.6 Å². The molecular formula is C87H87Cl2F3N12O12. The van der Waals surface area contributed by atoms with Gasteiger partial charge in [0.1, 0.15) is 45.5 Å². The molecule has 3 aliphatic rings. The first-order valence-electron chi connectivity index (χ1n) is 37.2. The quantitative estimate of drug-likeness (QED) is 0.0607. The number of fused-ring (bicyclic) bond motifs is 3. The molecule has 0 saturated carbocycles. The van der Waals surface area contributed by atoms with Crippen molar-refractivity contribution in [2.45, 2.75) is 104 Å². The Kier molecular flexibility index (Phi) is 25.7. The van der Waals surface area contributed by atoms with E-state index in [1.54, 1.807) is 106 Å². The summed E-state index contributed by atoms with van der Waals surface area (Å²) >= 11 is 11.3. The first kappa shape index (κ1) is 83.0. The molecule has 3 fully saturated rings. The zero-order valence-electron chi connectivity index (χ0n) is 65.9. The number of pyridine rings is 3. The second kappa shape index (κ2) is 35.9. The molecule has 0 N–H and O–H groups in total. The van der Waals surface area contributed by atoms with Crippen LogP contribution in [0.15, 0.2) is 190 Å². The van der Waals surface area contributed by atoms with Crippen LogP contribution in [-0.4, -0.2) is 154 Å². The van der Waals surface area contributed by atoms with Crippen molar-refractivity contribution in [1.29, 1.82) is 0 Å². The lowest BCUT2D eigenvalue weighted by Gasteiger charge is -2.24. The number of hydrogen-bond donors (Lipinski definition) is 0. The van der Waals surface area contributed by atoms with E-state index in [-0.39, 0.29) is 70.7 Å². The SMILES string of the molecule is C=CC(=O)Cl.C=CC(=O)N1CC[C@@H](n2nc(-c3ccc(Oc4cccc(OC)c4F)cc3)c3cncc(C)c32)C1.COc1cccc(Oc2ccc(-c3nn([C@@H]4CCN(C(=O)OC(C)(C)C)C4)c4c(C)cncc34)cc2)c1F.COc1cccc(Oc2ccc(-c3nn([C@@H]4CCN(C(=O)OC(C)(C)C)C4)c4c(Cl)cncc34)cc2)c1F. The van der Waals surface area contributed by atoms with Crippen LogP contribution in [0, 0.1) is 31.3 Å². The van der Waals surface area contributed by atoms with E-state index in [1.807, 2.05) is 131 Å². The number of amides is 3. The van der Waals surface area contributed by atoms with Crippen LogP contribution in [-0.2, 0) is 19.1 Å². The predicted octanol–water partition coefficient (Wildman–Crippen LogP) is 19.6. The normalized spacial score (nSPS) is 15.2. The largest absolute Gasteiger partial charge is 0.494 e. The lowest BCUT2D eigenvalue weighted by Crippen LogP contribution is -2.35. The van der Waals surface area contributed by atoms with Gasteiger partial charge in [0.15, 0.2) is 34.5 Å². The van der Waals surface area contributed by atoms with Gasteiger partial charge >= 0.3 is 12.2 Å². The van der Waals surface area contributed by atoms with Crippen LogP contribution in [0.3, 0.4) is 0 Å². The van der Waals surface area contributed by atoms with Crippen molar-refractivity contribution < 1.29 is 70.2 Å². The average molecular weight is 1620 g/mol. The van der Waals surface area contributed by atoms with Crippen LogP contribution >= 0.6 is 23.2 Å². The Labute approximate surface area is 678 Å². The highest BCUT2D eigenvalue weighted by Crippen LogP contribution is 2.42. The van der Waals surface area contributed by atoms with E-state index in [2.05, 4.69) is 28.1 Å². The summed E-state index contributed by atoms with van der Waals surface area (Å²) in [4.78, 5) is 65.1. The molecule has 29 heteroatoms. The molecule has 602 valence electrons. The van der Waals surface area contributed by atoms with Gasteiger partial charge in [0.25, 0.3) is 0 Å². The molecule has 0 unspecified atom stereocenters. The highest BCUT2D eigenvalue weighted by atomic mass is 35.5. The predicted molar refractivity (Wildman–Crippen MR) is 437 cm³/mol. The number of hydrogen-bond acceptors (Lipinski definition) is 18. The van der Waals surface area contributed by atoms with E-state index >= 15 is 0 Å². The zero-order valence-corrected chi connectivity index (χ0v) is 67.4. The highest BCUT2D eigenvalue weighted by Gasteiger charge is 2.36. The number of carbonyl (C=O) groups excluding carboxylic acids is 4. The number of nitrogens with zero attached hydrogens (tertiary/aromatic N) is 12. The van der Waals surface area contributed by atoms with Gasteiger partial charge in [0.2, 0.25) is 28.6 Å². The minimum Gasteiger partial charge on any atom is -0.494 e. The molecule has 0 aliphatic carbocycles. The molecule has 0 bridgehead atoms. The lowest BCUT2D eigenvalue weighted by atomic mass is 10.1. The number of likely N-dealkylation sites (tertiary alicyclic amines) is 3. The first-order valence-corrected chi connectivity index (χ1v) is 38.0. The fraction of sp³-hybridized carbons (Fsp3) is 0.287. The molecule has 6 aromatic carbocycles. The number of methoxy groups -OCH3 is 3. The van der Waals surface area contributed by atoms with Gasteiger partial charge in [-0.25, -0.2) is 9.59 Å². The second-order valence-corrected chi connectivity index (χ2v) is 30.3. The summed E-state index contributed by atoms with van der Waals surface area (Å²) in [6.07, 6.45) is 14.7. The summed E-state index contributed by atoms with van der Waals surface area (Å²) in [7, 11) is 4.23. The van der Waals surface area contributed by atoms with Crippen molar-refractivity contribution in [1.82, 2.24) is 59.0 Å². The highest BCUT2D eigenvalue weighted by molar-refractivity contribution is 6.66. The molecule has 3 atom stereocenters. The van der Waals surface area contributed by atoms with E-state index in [0.717, 1.165) is 90.8 Å². The Hall–Kier alpha value is -12.5. The standard InChI is InChI=1S/C29H31FN4O4.C28H28ClFN4O4.C27H25FN4O3.C3H3ClO/c1-18-15-31-16-22-26(19-9-11-21(12-10-19)37-24-8-6-7-23(36-5)25(24)30)32-34(27(18)22)20-13-14-33(17-20)28(35)38-29(2,3)4;1-28(2,3)38-27(35)33-13-12-18(16-33)34-26-20(14-31-15-21(26)29)25(32-34)17-8-10-19(11-9-17)37-23-7-5-6-22(36-4)24(23)30;1-4-24(33)31-13-12-19(16-31)32-27-17(2)14-29-15-21(27)26(30-32)18-8-10-20(11-9-18)35-23-7-5-6-22(34-3)25(23)28;1-2-3(4)5/h6-12,15-16,20H,13-14,17H2,1-5H3;5-11,14-15,18H,12-13,16H2,1-4H3;4-11,14-15,19H,1,12-13,16H2,2-3H3;2H,1H2/t20-;18-;19-;/m111./s1. The van der Waals surface area contributed by atoms with E-state index in [4.69, 9.17) is 76.4 Å². The van der Waals surface area contributed by atoms with Crippen LogP contribution in [0.2, 0.25) is 5.02 Å². The van der Waals surface area contributed by atoms with Gasteiger partial charge in [-0.15, -0.1) is 0 Å². The minimum absolute atomic E-state index is 0.0125. The number of ether oxygens (including phenoxy) is 8. The van der Waals surface area contributed by atoms with E-state index in [9.17, 15) is 32.3 Å². The maximum absolute atomic E-state index is 14.5. The fourth-order valence-corrected chi connectivity index (χ4v) is 14.0. The molecule has 116 heavy (non-hydrogen) atoms. The number of halogens is 5. The maximum atomic E-state index is 14.5. The molecule has 3 amide bonds. The van der Waals surface area contributed by atoms with E-state index < -0.39 is 33.9 Å². The Bertz CT molecular complexity index is 5390. The van der Waals surface area contributed by atoms with Gasteiger partial charge in [0.05, 0.1) is 61.0 Å². The Balaban J connectivity index is 0.000000156. The molecule has 0 spiro atoms. The lowest BCUT2D eigenvalue weighted by molar-refractivity contribution is -0.125. The Morgan fingerprint density at radius 2 is 0.741 bits per heavy atom. The average Bonchev–Trinajstić information content (AvgIpc) is 1.62. The molecule has 3 saturated heterocycles. The van der Waals surface area contributed by atoms with Crippen molar-refractivity contribution in [2.24, 2.45) is 0 Å². The number of benzene rings is 6. The molecule has 6 aromatic heterocycles. The fourth-order valence-electron chi connectivity index (χ4n) is 13.7. The number of allylic oxidation sites excluding steroid dienone is 1. The van der Waals surface area contributed by atoms with Gasteiger partial charge in [0, 0.05) is 109 Å². The smallest absolute Gasteiger partial charge is 0.410 e. The van der Waals surface area contributed by atoms with Gasteiger partial charge < -0.3 is 52.6 Å². The molecule has 9 heterocycles. The van der Waals surface area contributed by atoms with Gasteiger partial charge in [-0.1, -0.05) is 43.0 Å². The van der Waals surface area contributed by atoms with Crippen molar-refractivity contribution in [3.63, 3.8) is 0 Å². The monoisotopic (exact) mass is 1620 g/mol. The topological polar surface area (TPSA) is 244 Å². The van der Waals surface area contributed by atoms with Crippen molar-refractivity contribution in [2.75, 3.05) is 60.6 Å². The molecule has 0 radical (unpaired) electrons. The summed E-state index contributed by atoms with van der Waals surface area (Å²) in [5.41, 5.74) is 8.52. The summed E-state index contributed by atoms with van der Waals surface area (Å²) in [6.45, 7) is 25.2. The number of carbonyl (C=O) groups is 4. The molecule has 12 aromatic rings. The Morgan fingerprint density at radius 3 is 1.06 bits per heavy atom. The van der Waals surface area contributed by atoms with Crippen LogP contribution < -0.4 is 28.4 Å². The van der Waals surface area contributed by atoms with Crippen LogP contribution in [0.5, 0.6) is 51.7 Å². The van der Waals surface area contributed by atoms with Crippen molar-refractivity contribution in [3.05, 3.63) is 223 Å². The first-order chi connectivity index (χ1) is 55.5. The van der Waals surface area contributed by atoms with Crippen molar-refractivity contribution >= 4 is 79.2 Å². The molecule has 24 nitrogen and oxygen atoms in total. The third kappa shape index (κ3) is 19.0. The third-order valence-electron chi connectivity index (χ3n) is 19.1. The second-order valence-electron chi connectivity index (χ2n) is 29.5. The van der Waals surface area contributed by atoms with Gasteiger partial charge in [-0.05, 0) is 219 Å². The van der Waals surface area contributed by atoms with Gasteiger partial charge in [-0.2, -0.15) is 28.5 Å². The molecular weight excluding hydrogens is 1530 g/mol. The van der Waals surface area contributed by atoms with E-state index in [1.165, 1.54) is 39.5 Å². The van der Waals surface area contributed by atoms with Crippen molar-refractivity contribution in [3.8, 4) is 85.5 Å². The van der Waals surface area contributed by atoms with E-state index in [0.29, 0.717) is 73.7 Å². The number of rotatable bonds is 17. The van der Waals surface area contributed by atoms with Crippen LogP contribution in [0.25, 0.3) is 66.5 Å². The minimum atomic E-state index is -0.568. The molecule has 3 aliphatic heterocycles. The zero-order chi connectivity index (χ0) is 82.9. The number of aromatic nitrogens is 9. The summed E-state index contributed by atoms with van der Waals surface area (Å²) < 4.78 is 92.9. The number of aryl methyl sites for hydroxylation is 2. The Morgan fingerprint density at radius 1 is 0.440 bits per heavy atom. The summed E-state index contributed by atoms with van der Waals surface area (Å²) in [5.74, 6) is 0.307. The maximum Gasteiger partial charge on any atom is 0.410 e. The molecule has 15 rings (SSSR count). The summed E-state index contributed by atoms with van der Waals surface area (Å²) in [6, 6.07) is 36.2. The van der Waals surface area contributed by atoms with Crippen LogP contribution in [0.4, 0.5) is 22.8 Å². The summed E-state index contributed by atoms with van der Waals surface area (Å²) in [5, 5.41) is 17.5.